The number of sulfone groups is 1. The van der Waals surface area contributed by atoms with Gasteiger partial charge in [-0.3, -0.25) is 0 Å². The SMILES string of the molecule is CN(c1ncnc2[nH]ccc12)C1CC(CS(=O)(=O)N2CC[C@H](S(C)(=O)=O)C2)C1. The number of H-pyrrole nitrogens is 1. The minimum Gasteiger partial charge on any atom is -0.356 e. The second-order valence-corrected chi connectivity index (χ2v) is 12.3. The van der Waals surface area contributed by atoms with Crippen molar-refractivity contribution in [3.8, 4) is 0 Å². The highest BCUT2D eigenvalue weighted by Crippen LogP contribution is 2.36. The number of aromatic nitrogens is 3. The van der Waals surface area contributed by atoms with Crippen LogP contribution in [-0.4, -0.2) is 79.5 Å². The molecule has 0 spiro atoms. The molecule has 0 radical (unpaired) electrons. The third kappa shape index (κ3) is 3.62. The summed E-state index contributed by atoms with van der Waals surface area (Å²) in [5.41, 5.74) is 0.782. The number of nitrogens with zero attached hydrogens (tertiary/aromatic N) is 4. The molecule has 1 saturated heterocycles. The second kappa shape index (κ2) is 6.96. The van der Waals surface area contributed by atoms with E-state index in [0.717, 1.165) is 29.7 Å². The number of nitrogens with one attached hydrogen (secondary N) is 1. The van der Waals surface area contributed by atoms with Crippen LogP contribution in [0.4, 0.5) is 5.82 Å². The van der Waals surface area contributed by atoms with Crippen LogP contribution in [0.3, 0.4) is 0 Å². The predicted octanol–water partition coefficient (Wildman–Crippen LogP) is 0.621. The summed E-state index contributed by atoms with van der Waals surface area (Å²) in [4.78, 5) is 13.7. The van der Waals surface area contributed by atoms with Crippen molar-refractivity contribution < 1.29 is 16.8 Å². The lowest BCUT2D eigenvalue weighted by Gasteiger charge is -2.42. The maximum absolute atomic E-state index is 12.7. The van der Waals surface area contributed by atoms with Crippen LogP contribution in [0.5, 0.6) is 0 Å². The summed E-state index contributed by atoms with van der Waals surface area (Å²) in [6.07, 6.45) is 6.46. The van der Waals surface area contributed by atoms with E-state index in [1.165, 1.54) is 16.9 Å². The fourth-order valence-corrected chi connectivity index (χ4v) is 7.12. The van der Waals surface area contributed by atoms with Crippen molar-refractivity contribution in [2.45, 2.75) is 30.6 Å². The molecule has 0 unspecified atom stereocenters. The van der Waals surface area contributed by atoms with E-state index in [1.54, 1.807) is 0 Å². The minimum atomic E-state index is -3.43. The summed E-state index contributed by atoms with van der Waals surface area (Å²) < 4.78 is 50.1. The lowest BCUT2D eigenvalue weighted by Crippen LogP contribution is -2.47. The topological polar surface area (TPSA) is 116 Å². The second-order valence-electron chi connectivity index (χ2n) is 7.92. The van der Waals surface area contributed by atoms with Crippen LogP contribution in [0.1, 0.15) is 19.3 Å². The number of hydrogen-bond acceptors (Lipinski definition) is 7. The summed E-state index contributed by atoms with van der Waals surface area (Å²) >= 11 is 0. The Morgan fingerprint density at radius 1 is 1.25 bits per heavy atom. The number of hydrogen-bond donors (Lipinski definition) is 1. The first-order chi connectivity index (χ1) is 13.1. The van der Waals surface area contributed by atoms with Crippen LogP contribution >= 0.6 is 0 Å². The minimum absolute atomic E-state index is 0.0805. The first-order valence-corrected chi connectivity index (χ1v) is 12.9. The summed E-state index contributed by atoms with van der Waals surface area (Å²) in [5, 5.41) is 0.369. The van der Waals surface area contributed by atoms with Gasteiger partial charge < -0.3 is 9.88 Å². The number of fused-ring (bicyclic) bond motifs is 1. The molecule has 2 aliphatic rings. The Bertz CT molecular complexity index is 1080. The van der Waals surface area contributed by atoms with Gasteiger partial charge in [-0.2, -0.15) is 0 Å². The normalized spacial score (nSPS) is 26.4. The Hall–Kier alpha value is -1.72. The molecule has 3 heterocycles. The van der Waals surface area contributed by atoms with Crippen LogP contribution in [0.2, 0.25) is 0 Å². The fourth-order valence-electron chi connectivity index (χ4n) is 4.17. The van der Waals surface area contributed by atoms with Crippen molar-refractivity contribution in [1.29, 1.82) is 0 Å². The molecule has 2 fully saturated rings. The van der Waals surface area contributed by atoms with Crippen LogP contribution in [0.25, 0.3) is 11.0 Å². The molecule has 11 heteroatoms. The van der Waals surface area contributed by atoms with Gasteiger partial charge in [0.05, 0.1) is 16.4 Å². The zero-order valence-corrected chi connectivity index (χ0v) is 17.6. The van der Waals surface area contributed by atoms with Gasteiger partial charge >= 0.3 is 0 Å². The zero-order valence-electron chi connectivity index (χ0n) is 15.9. The van der Waals surface area contributed by atoms with Crippen LogP contribution in [0, 0.1) is 5.92 Å². The van der Waals surface area contributed by atoms with E-state index in [9.17, 15) is 16.8 Å². The Labute approximate surface area is 165 Å². The average Bonchev–Trinajstić information content (AvgIpc) is 3.25. The predicted molar refractivity (Wildman–Crippen MR) is 107 cm³/mol. The van der Waals surface area contributed by atoms with E-state index in [1.807, 2.05) is 19.3 Å². The number of anilines is 1. The van der Waals surface area contributed by atoms with Crippen molar-refractivity contribution >= 4 is 36.7 Å². The molecular weight excluding hydrogens is 402 g/mol. The Morgan fingerprint density at radius 3 is 2.68 bits per heavy atom. The van der Waals surface area contributed by atoms with E-state index >= 15 is 0 Å². The molecule has 0 aromatic carbocycles. The zero-order chi connectivity index (χ0) is 20.1. The number of rotatable bonds is 6. The van der Waals surface area contributed by atoms with Crippen LogP contribution < -0.4 is 4.90 Å². The van der Waals surface area contributed by atoms with Crippen molar-refractivity contribution in [2.24, 2.45) is 5.92 Å². The number of sulfonamides is 1. The van der Waals surface area contributed by atoms with E-state index in [2.05, 4.69) is 19.9 Å². The molecule has 1 N–H and O–H groups in total. The van der Waals surface area contributed by atoms with E-state index in [4.69, 9.17) is 0 Å². The van der Waals surface area contributed by atoms with Gasteiger partial charge in [-0.1, -0.05) is 0 Å². The van der Waals surface area contributed by atoms with Gasteiger partial charge in [0.15, 0.2) is 9.84 Å². The van der Waals surface area contributed by atoms with Gasteiger partial charge in [0.2, 0.25) is 10.0 Å². The number of aromatic amines is 1. The summed E-state index contributed by atoms with van der Waals surface area (Å²) in [7, 11) is -4.67. The highest BCUT2D eigenvalue weighted by molar-refractivity contribution is 7.91. The van der Waals surface area contributed by atoms with Gasteiger partial charge in [-0.15, -0.1) is 0 Å². The average molecular weight is 428 g/mol. The molecule has 2 aromatic heterocycles. The molecule has 9 nitrogen and oxygen atoms in total. The highest BCUT2D eigenvalue weighted by atomic mass is 32.2. The molecule has 1 atom stereocenters. The lowest BCUT2D eigenvalue weighted by molar-refractivity contribution is 0.279. The molecule has 154 valence electrons. The first-order valence-electron chi connectivity index (χ1n) is 9.33. The molecule has 28 heavy (non-hydrogen) atoms. The van der Waals surface area contributed by atoms with Crippen LogP contribution in [-0.2, 0) is 19.9 Å². The molecule has 0 bridgehead atoms. The largest absolute Gasteiger partial charge is 0.356 e. The van der Waals surface area contributed by atoms with Gasteiger partial charge in [-0.05, 0) is 31.2 Å². The standard InChI is InChI=1S/C17H25N5O4S2/c1-21(17-15-3-5-18-16(15)19-11-20-17)13-7-12(8-13)10-28(25,26)22-6-4-14(9-22)27(2,23)24/h3,5,11-14H,4,6-10H2,1-2H3,(H,18,19,20)/t12?,13?,14-/m0/s1. The Kier molecular flexibility index (Phi) is 4.87. The van der Waals surface area contributed by atoms with Crippen molar-refractivity contribution in [1.82, 2.24) is 19.3 Å². The smallest absolute Gasteiger partial charge is 0.214 e. The fraction of sp³-hybridized carbons (Fsp3) is 0.647. The molecule has 1 aliphatic carbocycles. The molecule has 0 amide bonds. The van der Waals surface area contributed by atoms with Gasteiger partial charge in [0.1, 0.15) is 17.8 Å². The van der Waals surface area contributed by atoms with E-state index < -0.39 is 25.1 Å². The van der Waals surface area contributed by atoms with E-state index in [0.29, 0.717) is 13.0 Å². The van der Waals surface area contributed by atoms with Crippen molar-refractivity contribution in [3.63, 3.8) is 0 Å². The van der Waals surface area contributed by atoms with Crippen molar-refractivity contribution in [3.05, 3.63) is 18.6 Å². The summed E-state index contributed by atoms with van der Waals surface area (Å²) in [5.74, 6) is 1.00. The molecular formula is C17H25N5O4S2. The van der Waals surface area contributed by atoms with Crippen LogP contribution in [0.15, 0.2) is 18.6 Å². The van der Waals surface area contributed by atoms with Gasteiger partial charge in [0.25, 0.3) is 0 Å². The summed E-state index contributed by atoms with van der Waals surface area (Å²) in [6.45, 7) is 0.381. The molecule has 1 saturated carbocycles. The third-order valence-corrected chi connectivity index (χ3v) is 9.59. The van der Waals surface area contributed by atoms with Crippen molar-refractivity contribution in [2.75, 3.05) is 37.0 Å². The highest BCUT2D eigenvalue weighted by Gasteiger charge is 2.41. The maximum atomic E-state index is 12.7. The Morgan fingerprint density at radius 2 is 2.00 bits per heavy atom. The Balaban J connectivity index is 1.36. The monoisotopic (exact) mass is 427 g/mol. The lowest BCUT2D eigenvalue weighted by atomic mass is 9.81. The van der Waals surface area contributed by atoms with Gasteiger partial charge in [0, 0.05) is 38.6 Å². The maximum Gasteiger partial charge on any atom is 0.214 e. The van der Waals surface area contributed by atoms with Gasteiger partial charge in [-0.25, -0.2) is 31.1 Å². The molecule has 4 rings (SSSR count). The van der Waals surface area contributed by atoms with E-state index in [-0.39, 0.29) is 24.3 Å². The molecule has 2 aromatic rings. The summed E-state index contributed by atoms with van der Waals surface area (Å²) in [6, 6.07) is 2.17. The first kappa shape index (κ1) is 19.6. The third-order valence-electron chi connectivity index (χ3n) is 5.98. The quantitative estimate of drug-likeness (QED) is 0.718. The molecule has 1 aliphatic heterocycles.